The lowest BCUT2D eigenvalue weighted by atomic mass is 10.00. The number of carbonyl (C=O) groups excluding carboxylic acids is 1. The number of aromatic nitrogens is 1. The first-order valence-electron chi connectivity index (χ1n) is 11.7. The van der Waals surface area contributed by atoms with Crippen molar-refractivity contribution in [3.05, 3.63) is 41.6 Å². The second-order valence-corrected chi connectivity index (χ2v) is 9.42. The second-order valence-electron chi connectivity index (χ2n) is 9.01. The van der Waals surface area contributed by atoms with E-state index >= 15 is 0 Å². The van der Waals surface area contributed by atoms with Gasteiger partial charge in [0.25, 0.3) is 0 Å². The van der Waals surface area contributed by atoms with Crippen LogP contribution in [-0.2, 0) is 9.53 Å². The van der Waals surface area contributed by atoms with E-state index in [1.807, 2.05) is 18.2 Å². The molecular weight excluding hydrogens is 424 g/mol. The molecule has 2 aromatic rings. The highest BCUT2D eigenvalue weighted by Gasteiger charge is 2.23. The molecule has 2 fully saturated rings. The maximum Gasteiger partial charge on any atom is 0.229 e. The summed E-state index contributed by atoms with van der Waals surface area (Å²) in [4.78, 5) is 19.4. The highest BCUT2D eigenvalue weighted by Crippen LogP contribution is 2.31. The molecule has 1 atom stereocenters. The van der Waals surface area contributed by atoms with Gasteiger partial charge in [0.2, 0.25) is 5.91 Å². The third-order valence-electron chi connectivity index (χ3n) is 6.46. The first-order chi connectivity index (χ1) is 15.6. The molecule has 172 valence electrons. The van der Waals surface area contributed by atoms with Crippen molar-refractivity contribution in [2.75, 3.05) is 50.5 Å². The van der Waals surface area contributed by atoms with E-state index in [2.05, 4.69) is 39.7 Å². The summed E-state index contributed by atoms with van der Waals surface area (Å²) in [6, 6.07) is 10.1. The molecular formula is C25H33ClN4O2. The van der Waals surface area contributed by atoms with Crippen molar-refractivity contribution in [1.82, 2.24) is 9.88 Å². The fourth-order valence-corrected chi connectivity index (χ4v) is 4.72. The number of rotatable bonds is 6. The predicted octanol–water partition coefficient (Wildman–Crippen LogP) is 4.91. The molecule has 0 aliphatic carbocycles. The van der Waals surface area contributed by atoms with Crippen molar-refractivity contribution in [1.29, 1.82) is 0 Å². The van der Waals surface area contributed by atoms with Gasteiger partial charge in [-0.15, -0.1) is 0 Å². The number of halogens is 1. The van der Waals surface area contributed by atoms with Gasteiger partial charge in [-0.2, -0.15) is 0 Å². The molecule has 32 heavy (non-hydrogen) atoms. The molecule has 7 heteroatoms. The number of carbonyl (C=O) groups is 1. The van der Waals surface area contributed by atoms with Crippen LogP contribution >= 0.6 is 11.6 Å². The summed E-state index contributed by atoms with van der Waals surface area (Å²) in [7, 11) is 2.08. The van der Waals surface area contributed by atoms with Crippen LogP contribution in [0.1, 0.15) is 32.1 Å². The Bertz CT molecular complexity index is 917. The summed E-state index contributed by atoms with van der Waals surface area (Å²) >= 11 is 6.49. The average molecular weight is 457 g/mol. The number of benzene rings is 1. The fraction of sp³-hybridized carbons (Fsp3) is 0.520. The van der Waals surface area contributed by atoms with E-state index in [1.165, 1.54) is 0 Å². The smallest absolute Gasteiger partial charge is 0.229 e. The zero-order valence-electron chi connectivity index (χ0n) is 18.8. The summed E-state index contributed by atoms with van der Waals surface area (Å²) in [5.74, 6) is 1.20. The Morgan fingerprint density at radius 3 is 2.91 bits per heavy atom. The molecule has 1 amide bonds. The van der Waals surface area contributed by atoms with Crippen LogP contribution in [0.2, 0.25) is 5.02 Å². The maximum atomic E-state index is 12.9. The summed E-state index contributed by atoms with van der Waals surface area (Å²) < 4.78 is 5.45. The van der Waals surface area contributed by atoms with Gasteiger partial charge in [-0.25, -0.2) is 4.98 Å². The molecule has 1 aromatic carbocycles. The molecule has 0 spiro atoms. The molecule has 0 saturated carbocycles. The van der Waals surface area contributed by atoms with Crippen LogP contribution in [-0.4, -0.2) is 55.7 Å². The monoisotopic (exact) mass is 456 g/mol. The normalized spacial score (nSPS) is 20.5. The van der Waals surface area contributed by atoms with Gasteiger partial charge in [0, 0.05) is 43.8 Å². The molecule has 1 aromatic heterocycles. The van der Waals surface area contributed by atoms with E-state index < -0.39 is 0 Å². The molecule has 3 heterocycles. The molecule has 4 rings (SSSR count). The third-order valence-corrected chi connectivity index (χ3v) is 6.76. The van der Waals surface area contributed by atoms with E-state index in [0.717, 1.165) is 81.8 Å². The number of anilines is 2. The Balaban J connectivity index is 1.44. The number of pyridine rings is 1. The average Bonchev–Trinajstić information content (AvgIpc) is 3.04. The van der Waals surface area contributed by atoms with Crippen molar-refractivity contribution in [2.24, 2.45) is 11.8 Å². The highest BCUT2D eigenvalue weighted by molar-refractivity contribution is 6.33. The van der Waals surface area contributed by atoms with Crippen molar-refractivity contribution >= 4 is 29.0 Å². The lowest BCUT2D eigenvalue weighted by molar-refractivity contribution is -0.120. The number of nitrogens with zero attached hydrogens (tertiary/aromatic N) is 2. The van der Waals surface area contributed by atoms with E-state index in [0.29, 0.717) is 16.8 Å². The first-order valence-corrected chi connectivity index (χ1v) is 12.0. The zero-order chi connectivity index (χ0) is 22.3. The van der Waals surface area contributed by atoms with Gasteiger partial charge in [-0.05, 0) is 69.0 Å². The van der Waals surface area contributed by atoms with E-state index in [4.69, 9.17) is 16.3 Å². The van der Waals surface area contributed by atoms with Crippen molar-refractivity contribution in [2.45, 2.75) is 32.1 Å². The van der Waals surface area contributed by atoms with Crippen LogP contribution in [0, 0.1) is 11.8 Å². The number of amides is 1. The standard InChI is InChI=1S/C25H33ClN4O2/c1-30-10-3-2-5-20(17-30)25(31)29-24-14-22(23(26)16-28-24)19-6-4-7-21(13-19)27-15-18-8-11-32-12-9-18/h4,6-7,13-14,16,18,20,27H,2-3,5,8-12,15,17H2,1H3,(H,28,29,31)/t20-/m1/s1. The lowest BCUT2D eigenvalue weighted by Crippen LogP contribution is -2.32. The molecule has 6 nitrogen and oxygen atoms in total. The highest BCUT2D eigenvalue weighted by atomic mass is 35.5. The van der Waals surface area contributed by atoms with Gasteiger partial charge >= 0.3 is 0 Å². The van der Waals surface area contributed by atoms with Crippen LogP contribution in [0.25, 0.3) is 11.1 Å². The summed E-state index contributed by atoms with van der Waals surface area (Å²) in [5, 5.41) is 7.14. The van der Waals surface area contributed by atoms with Crippen molar-refractivity contribution in [3.8, 4) is 11.1 Å². The molecule has 0 unspecified atom stereocenters. The minimum absolute atomic E-state index is 0.0128. The van der Waals surface area contributed by atoms with Gasteiger partial charge in [0.1, 0.15) is 5.82 Å². The molecule has 2 aliphatic heterocycles. The predicted molar refractivity (Wildman–Crippen MR) is 130 cm³/mol. The minimum Gasteiger partial charge on any atom is -0.385 e. The Morgan fingerprint density at radius 2 is 2.06 bits per heavy atom. The fourth-order valence-electron chi connectivity index (χ4n) is 4.51. The van der Waals surface area contributed by atoms with Crippen LogP contribution < -0.4 is 10.6 Å². The molecule has 2 saturated heterocycles. The van der Waals surface area contributed by atoms with Crippen LogP contribution in [0.15, 0.2) is 36.5 Å². The Hall–Kier alpha value is -2.15. The van der Waals surface area contributed by atoms with Gasteiger partial charge in [0.15, 0.2) is 0 Å². The van der Waals surface area contributed by atoms with Crippen LogP contribution in [0.3, 0.4) is 0 Å². The van der Waals surface area contributed by atoms with E-state index in [9.17, 15) is 4.79 Å². The SMILES string of the molecule is CN1CCCC[C@@H](C(=O)Nc2cc(-c3cccc(NCC4CCOCC4)c3)c(Cl)cn2)C1. The number of ether oxygens (including phenoxy) is 1. The topological polar surface area (TPSA) is 66.5 Å². The molecule has 2 aliphatic rings. The van der Waals surface area contributed by atoms with Gasteiger partial charge < -0.3 is 20.3 Å². The van der Waals surface area contributed by atoms with E-state index in [-0.39, 0.29) is 11.8 Å². The summed E-state index contributed by atoms with van der Waals surface area (Å²) in [5.41, 5.74) is 2.93. The first kappa shape index (κ1) is 23.0. The maximum absolute atomic E-state index is 12.9. The van der Waals surface area contributed by atoms with Crippen molar-refractivity contribution < 1.29 is 9.53 Å². The van der Waals surface area contributed by atoms with Gasteiger partial charge in [0.05, 0.1) is 10.9 Å². The Labute approximate surface area is 195 Å². The molecule has 2 N–H and O–H groups in total. The minimum atomic E-state index is -0.0128. The van der Waals surface area contributed by atoms with Crippen LogP contribution in [0.5, 0.6) is 0 Å². The van der Waals surface area contributed by atoms with Crippen molar-refractivity contribution in [3.63, 3.8) is 0 Å². The summed E-state index contributed by atoms with van der Waals surface area (Å²) in [6.45, 7) is 4.47. The largest absolute Gasteiger partial charge is 0.385 e. The van der Waals surface area contributed by atoms with Gasteiger partial charge in [-0.3, -0.25) is 4.79 Å². The molecule has 0 radical (unpaired) electrons. The Kier molecular flexibility index (Phi) is 8.00. The second kappa shape index (κ2) is 11.1. The van der Waals surface area contributed by atoms with E-state index in [1.54, 1.807) is 6.20 Å². The number of hydrogen-bond acceptors (Lipinski definition) is 5. The van der Waals surface area contributed by atoms with Gasteiger partial charge in [-0.1, -0.05) is 30.2 Å². The summed E-state index contributed by atoms with van der Waals surface area (Å²) in [6.07, 6.45) is 6.95. The lowest BCUT2D eigenvalue weighted by Gasteiger charge is -2.22. The zero-order valence-corrected chi connectivity index (χ0v) is 19.5. The number of nitrogens with one attached hydrogen (secondary N) is 2. The third kappa shape index (κ3) is 6.21. The number of hydrogen-bond donors (Lipinski definition) is 2. The number of likely N-dealkylation sites (tertiary alicyclic amines) is 1. The quantitative estimate of drug-likeness (QED) is 0.646. The molecule has 0 bridgehead atoms. The Morgan fingerprint density at radius 1 is 1.22 bits per heavy atom. The van der Waals surface area contributed by atoms with Crippen LogP contribution in [0.4, 0.5) is 11.5 Å².